The molecule has 1 N–H and O–H groups in total. The molecule has 4 rings (SSSR count). The highest BCUT2D eigenvalue weighted by Crippen LogP contribution is 2.39. The van der Waals surface area contributed by atoms with Gasteiger partial charge in [0.25, 0.3) is 10.0 Å². The van der Waals surface area contributed by atoms with Gasteiger partial charge >= 0.3 is 0 Å². The lowest BCUT2D eigenvalue weighted by molar-refractivity contribution is 0.104. The van der Waals surface area contributed by atoms with Crippen molar-refractivity contribution in [1.82, 2.24) is 0 Å². The van der Waals surface area contributed by atoms with Gasteiger partial charge in [-0.15, -0.1) is 11.3 Å². The van der Waals surface area contributed by atoms with Crippen molar-refractivity contribution in [3.63, 3.8) is 0 Å². The normalized spacial score (nSPS) is 16.7. The Hall–Kier alpha value is -2.49. The van der Waals surface area contributed by atoms with Gasteiger partial charge in [-0.05, 0) is 53.4 Å². The third kappa shape index (κ3) is 3.85. The number of ketones is 1. The van der Waals surface area contributed by atoms with Crippen molar-refractivity contribution in [2.45, 2.75) is 6.54 Å². The Morgan fingerprint density at radius 1 is 1.14 bits per heavy atom. The van der Waals surface area contributed by atoms with E-state index in [0.717, 1.165) is 8.78 Å². The second-order valence-corrected chi connectivity index (χ2v) is 9.93. The fourth-order valence-corrected chi connectivity index (χ4v) is 5.70. The van der Waals surface area contributed by atoms with Crippen LogP contribution in [0.5, 0.6) is 0 Å². The zero-order valence-corrected chi connectivity index (χ0v) is 18.0. The summed E-state index contributed by atoms with van der Waals surface area (Å²) < 4.78 is 42.1. The molecule has 148 valence electrons. The van der Waals surface area contributed by atoms with Gasteiger partial charge in [-0.1, -0.05) is 28.1 Å². The van der Waals surface area contributed by atoms with Crippen molar-refractivity contribution in [3.8, 4) is 0 Å². The van der Waals surface area contributed by atoms with Crippen molar-refractivity contribution in [2.75, 3.05) is 9.62 Å². The topological polar surface area (TPSA) is 66.5 Å². The standard InChI is InChI=1S/C20H14BrFN2O3S2/c21-14-4-6-16(7-5-14)23-11-18-19(25)20-17(8-9-28-20)24(29(18,26)27)12-13-2-1-3-15(22)10-13/h1-11,23H,12H2/b18-11-. The lowest BCUT2D eigenvalue weighted by Crippen LogP contribution is -2.38. The summed E-state index contributed by atoms with van der Waals surface area (Å²) in [7, 11) is -4.13. The van der Waals surface area contributed by atoms with Crippen molar-refractivity contribution in [3.05, 3.63) is 91.8 Å². The van der Waals surface area contributed by atoms with Crippen molar-refractivity contribution >= 4 is 54.4 Å². The number of hydrogen-bond acceptors (Lipinski definition) is 5. The number of anilines is 2. The van der Waals surface area contributed by atoms with E-state index in [0.29, 0.717) is 21.8 Å². The lowest BCUT2D eigenvalue weighted by Gasteiger charge is -2.29. The molecule has 0 radical (unpaired) electrons. The molecular weight excluding hydrogens is 479 g/mol. The van der Waals surface area contributed by atoms with E-state index in [1.807, 2.05) is 0 Å². The third-order valence-corrected chi connectivity index (χ3v) is 7.54. The highest BCUT2D eigenvalue weighted by atomic mass is 79.9. The van der Waals surface area contributed by atoms with Gasteiger partial charge in [0.2, 0.25) is 5.78 Å². The average Bonchev–Trinajstić information content (AvgIpc) is 3.16. The Bertz CT molecular complexity index is 1220. The van der Waals surface area contributed by atoms with Crippen LogP contribution in [0.3, 0.4) is 0 Å². The molecule has 0 spiro atoms. The Morgan fingerprint density at radius 3 is 2.62 bits per heavy atom. The molecule has 0 saturated carbocycles. The van der Waals surface area contributed by atoms with Crippen LogP contribution in [0.4, 0.5) is 15.8 Å². The number of halogens is 2. The highest BCUT2D eigenvalue weighted by Gasteiger charge is 2.41. The van der Waals surface area contributed by atoms with Gasteiger partial charge < -0.3 is 5.32 Å². The maximum absolute atomic E-state index is 13.6. The molecule has 0 amide bonds. The molecule has 2 heterocycles. The third-order valence-electron chi connectivity index (χ3n) is 4.34. The summed E-state index contributed by atoms with van der Waals surface area (Å²) in [5.41, 5.74) is 1.43. The molecule has 0 unspecified atom stereocenters. The van der Waals surface area contributed by atoms with E-state index >= 15 is 0 Å². The van der Waals surface area contributed by atoms with E-state index in [2.05, 4.69) is 21.2 Å². The molecule has 2 aromatic carbocycles. The molecule has 1 aromatic heterocycles. The van der Waals surface area contributed by atoms with Crippen molar-refractivity contribution in [2.24, 2.45) is 0 Å². The first-order valence-electron chi connectivity index (χ1n) is 8.48. The SMILES string of the molecule is O=C1/C(=C/Nc2ccc(Br)cc2)S(=O)(=O)N(Cc2cccc(F)c2)c2ccsc21. The molecule has 1 aliphatic heterocycles. The number of nitrogens with zero attached hydrogens (tertiary/aromatic N) is 1. The smallest absolute Gasteiger partial charge is 0.270 e. The Kier molecular flexibility index (Phi) is 5.28. The summed E-state index contributed by atoms with van der Waals surface area (Å²) in [5, 5.41) is 4.55. The van der Waals surface area contributed by atoms with E-state index in [1.165, 1.54) is 35.7 Å². The number of sulfonamides is 1. The van der Waals surface area contributed by atoms with Crippen LogP contribution in [0.25, 0.3) is 0 Å². The quantitative estimate of drug-likeness (QED) is 0.512. The van der Waals surface area contributed by atoms with Crippen LogP contribution in [0.1, 0.15) is 15.2 Å². The molecule has 0 saturated heterocycles. The number of rotatable bonds is 4. The summed E-state index contributed by atoms with van der Waals surface area (Å²) in [6.45, 7) is -0.0767. The predicted molar refractivity (Wildman–Crippen MR) is 116 cm³/mol. The Labute approximate surface area is 179 Å². The van der Waals surface area contributed by atoms with Gasteiger partial charge in [0.1, 0.15) is 10.7 Å². The number of carbonyl (C=O) groups is 1. The molecule has 5 nitrogen and oxygen atoms in total. The first kappa shape index (κ1) is 19.8. The minimum absolute atomic E-state index is 0.0767. The monoisotopic (exact) mass is 492 g/mol. The molecular formula is C20H14BrFN2O3S2. The first-order valence-corrected chi connectivity index (χ1v) is 11.6. The second kappa shape index (κ2) is 7.74. The predicted octanol–water partition coefficient (Wildman–Crippen LogP) is 5.14. The number of carbonyl (C=O) groups excluding carboxylic acids is 1. The number of fused-ring (bicyclic) bond motifs is 1. The van der Waals surface area contributed by atoms with Gasteiger partial charge in [0, 0.05) is 16.4 Å². The van der Waals surface area contributed by atoms with Crippen LogP contribution in [0, 0.1) is 5.82 Å². The summed E-state index contributed by atoms with van der Waals surface area (Å²) in [6.07, 6.45) is 1.21. The Balaban J connectivity index is 1.74. The van der Waals surface area contributed by atoms with Crippen LogP contribution in [0.15, 0.2) is 75.6 Å². The minimum Gasteiger partial charge on any atom is -0.360 e. The summed E-state index contributed by atoms with van der Waals surface area (Å²) in [5.74, 6) is -1.01. The largest absolute Gasteiger partial charge is 0.360 e. The van der Waals surface area contributed by atoms with Gasteiger partial charge in [0.05, 0.1) is 12.2 Å². The number of nitrogens with one attached hydrogen (secondary N) is 1. The zero-order chi connectivity index (χ0) is 20.6. The maximum Gasteiger partial charge on any atom is 0.270 e. The molecule has 0 bridgehead atoms. The maximum atomic E-state index is 13.6. The highest BCUT2D eigenvalue weighted by molar-refractivity contribution is 9.10. The van der Waals surface area contributed by atoms with Crippen LogP contribution in [-0.2, 0) is 16.6 Å². The van der Waals surface area contributed by atoms with E-state index in [1.54, 1.807) is 41.8 Å². The van der Waals surface area contributed by atoms with Crippen LogP contribution in [0.2, 0.25) is 0 Å². The van der Waals surface area contributed by atoms with Crippen molar-refractivity contribution < 1.29 is 17.6 Å². The number of benzene rings is 2. The van der Waals surface area contributed by atoms with E-state index < -0.39 is 21.6 Å². The van der Waals surface area contributed by atoms with Gasteiger partial charge in [-0.3, -0.25) is 9.10 Å². The van der Waals surface area contributed by atoms with E-state index in [-0.39, 0.29) is 11.4 Å². The van der Waals surface area contributed by atoms with E-state index in [9.17, 15) is 17.6 Å². The van der Waals surface area contributed by atoms with Gasteiger partial charge in [-0.2, -0.15) is 0 Å². The molecule has 0 atom stereocenters. The molecule has 1 aliphatic rings. The lowest BCUT2D eigenvalue weighted by atomic mass is 10.2. The number of Topliss-reactive ketones (excluding diaryl/α,β-unsaturated/α-hetero) is 1. The fraction of sp³-hybridized carbons (Fsp3) is 0.0500. The Morgan fingerprint density at radius 2 is 1.90 bits per heavy atom. The summed E-state index contributed by atoms with van der Waals surface area (Å²) >= 11 is 4.51. The minimum atomic E-state index is -4.13. The van der Waals surface area contributed by atoms with Gasteiger partial charge in [-0.25, -0.2) is 12.8 Å². The average molecular weight is 493 g/mol. The zero-order valence-electron chi connectivity index (χ0n) is 14.8. The van der Waals surface area contributed by atoms with Crippen LogP contribution < -0.4 is 9.62 Å². The molecule has 29 heavy (non-hydrogen) atoms. The molecule has 0 aliphatic carbocycles. The van der Waals surface area contributed by atoms with E-state index in [4.69, 9.17) is 0 Å². The second-order valence-electron chi connectivity index (χ2n) is 6.27. The van der Waals surface area contributed by atoms with Crippen LogP contribution in [-0.4, -0.2) is 14.2 Å². The molecule has 9 heteroatoms. The first-order chi connectivity index (χ1) is 13.9. The summed E-state index contributed by atoms with van der Waals surface area (Å²) in [4.78, 5) is 12.8. The molecule has 3 aromatic rings. The number of hydrogen-bond donors (Lipinski definition) is 1. The van der Waals surface area contributed by atoms with Crippen molar-refractivity contribution in [1.29, 1.82) is 0 Å². The van der Waals surface area contributed by atoms with Gasteiger partial charge in [0.15, 0.2) is 4.91 Å². The fourth-order valence-electron chi connectivity index (χ4n) is 2.95. The number of thiophene rings is 1. The summed E-state index contributed by atoms with van der Waals surface area (Å²) in [6, 6.07) is 14.4. The van der Waals surface area contributed by atoms with Crippen LogP contribution >= 0.6 is 27.3 Å². The molecule has 0 fully saturated rings. The number of allylic oxidation sites excluding steroid dienone is 1.